The smallest absolute Gasteiger partial charge is 0.412 e. The van der Waals surface area contributed by atoms with E-state index in [2.05, 4.69) is 0 Å². The summed E-state index contributed by atoms with van der Waals surface area (Å²) in [4.78, 5) is 0. The first-order valence-electron chi connectivity index (χ1n) is 23.6. The van der Waals surface area contributed by atoms with Crippen LogP contribution in [0.25, 0.3) is 0 Å². The molecular formula is C47H141N3O22Si3. The topological polar surface area (TPSA) is 435 Å². The minimum absolute atomic E-state index is 0. The van der Waals surface area contributed by atoms with Gasteiger partial charge in [0.25, 0.3) is 0 Å². The summed E-state index contributed by atoms with van der Waals surface area (Å²) in [6, 6.07) is 2.39. The Morgan fingerprint density at radius 3 is 0.613 bits per heavy atom. The lowest BCUT2D eigenvalue weighted by molar-refractivity contribution is 0.0548. The van der Waals surface area contributed by atoms with E-state index in [-0.39, 0.29) is 47.6 Å². The molecule has 0 unspecified atom stereocenters. The van der Waals surface area contributed by atoms with Gasteiger partial charge in [0.05, 0.1) is 0 Å². The van der Waals surface area contributed by atoms with Gasteiger partial charge in [-0.3, -0.25) is 0 Å². The van der Waals surface area contributed by atoms with E-state index in [0.717, 1.165) is 101 Å². The molecule has 0 bridgehead atoms. The second-order valence-corrected chi connectivity index (χ2v) is 19.8. The summed E-state index contributed by atoms with van der Waals surface area (Å²) in [6.45, 7) is 19.4. The van der Waals surface area contributed by atoms with E-state index in [1.54, 1.807) is 89.1 Å². The maximum atomic E-state index is 7.57. The van der Waals surface area contributed by atoms with Crippen molar-refractivity contribution in [3.05, 3.63) is 0 Å². The maximum absolute atomic E-state index is 7.57. The van der Waals surface area contributed by atoms with Gasteiger partial charge in [-0.15, -0.1) is 0 Å². The van der Waals surface area contributed by atoms with Crippen LogP contribution < -0.4 is 17.2 Å². The van der Waals surface area contributed by atoms with Crippen LogP contribution in [0.1, 0.15) is 123 Å². The first-order valence-corrected chi connectivity index (χ1v) is 29.4. The summed E-state index contributed by atoms with van der Waals surface area (Å²) in [7, 11) is 11.7. The van der Waals surface area contributed by atoms with E-state index in [1.807, 2.05) is 34.6 Å². The van der Waals surface area contributed by atoms with Crippen molar-refractivity contribution in [3.63, 3.8) is 0 Å². The Morgan fingerprint density at radius 1 is 0.347 bits per heavy atom. The molecule has 488 valence electrons. The van der Waals surface area contributed by atoms with Crippen LogP contribution in [-0.2, 0) is 39.8 Å². The normalized spacial score (nSPS) is 11.4. The zero-order valence-electron chi connectivity index (χ0n) is 50.4. The fraction of sp³-hybridized carbons (Fsp3) is 1.00. The molecular weight excluding hydrogens is 1040 g/mol. The second-order valence-electron chi connectivity index (χ2n) is 10.9. The number of rotatable bonds is 21. The maximum Gasteiger partial charge on any atom is 0.500 e. The summed E-state index contributed by atoms with van der Waals surface area (Å²) in [5, 5.41) is 85.7. The molecule has 0 amide bonds. The third-order valence-corrected chi connectivity index (χ3v) is 16.3. The number of hydrogen-bond donors (Lipinski definition) is 15. The summed E-state index contributed by atoms with van der Waals surface area (Å²) in [5.41, 5.74) is 16.2. The number of nitrogens with two attached hydrogens (primary N) is 3. The predicted octanol–water partition coefficient (Wildman–Crippen LogP) is 2.20. The van der Waals surface area contributed by atoms with Gasteiger partial charge < -0.3 is 124 Å². The van der Waals surface area contributed by atoms with E-state index in [1.165, 1.54) is 11.8 Å². The lowest BCUT2D eigenvalue weighted by Crippen LogP contribution is -2.45. The average molecular weight is 1180 g/mol. The molecule has 25 nitrogen and oxygen atoms in total. The minimum Gasteiger partial charge on any atom is -0.412 e. The standard InChI is InChI=1S/C8H21NO3Si.C7H19NO3Si.C6H17NO3Si.C6H10.3C2H6O.C2H6.9CH4O.3CH4.H2O/c1-4-11-13(10-3,12-5-2)8-6-7-9;1-4-11-12(9-2,10-3)7-5-6-8;1-8-11(9-2,10-3)6-4-5-7;1-2-6-4-3-5(1)6;3*1-2-3;10*1-2;;;;/h4-9H2,1-3H3;4-8H2,1-3H3;4-7H2,1-3H3;5-6H,1-4H2;3*3H,2H2,1H3;1-2H3;9*2H,1H3;3*1H4;1H2. The molecule has 0 aromatic carbocycles. The van der Waals surface area contributed by atoms with Gasteiger partial charge in [-0.1, -0.05) is 36.1 Å². The summed E-state index contributed by atoms with van der Waals surface area (Å²) < 4.78 is 48.0. The molecule has 0 aliphatic heterocycles. The Balaban J connectivity index is -0.0000000279. The Morgan fingerprint density at radius 2 is 0.493 bits per heavy atom. The molecule has 0 atom stereocenters. The third kappa shape index (κ3) is 110. The van der Waals surface area contributed by atoms with E-state index in [4.69, 9.17) is 118 Å². The van der Waals surface area contributed by atoms with Crippen LogP contribution in [0.15, 0.2) is 0 Å². The monoisotopic (exact) mass is 1180 g/mol. The van der Waals surface area contributed by atoms with Crippen molar-refractivity contribution in [3.8, 4) is 0 Å². The van der Waals surface area contributed by atoms with Crippen LogP contribution in [-0.4, -0.2) is 259 Å². The highest BCUT2D eigenvalue weighted by Crippen LogP contribution is 2.49. The van der Waals surface area contributed by atoms with Crippen molar-refractivity contribution in [1.82, 2.24) is 0 Å². The summed E-state index contributed by atoms with van der Waals surface area (Å²) in [6.07, 6.45) is 8.89. The zero-order chi connectivity index (χ0) is 60.5. The van der Waals surface area contributed by atoms with Gasteiger partial charge in [-0.2, -0.15) is 0 Å². The lowest BCUT2D eigenvalue weighted by Gasteiger charge is -2.46. The van der Waals surface area contributed by atoms with E-state index in [9.17, 15) is 0 Å². The average Bonchev–Trinajstić information content (AvgIpc) is 3.45. The Labute approximate surface area is 467 Å². The quantitative estimate of drug-likeness (QED) is 0.0732. The molecule has 0 aromatic rings. The van der Waals surface area contributed by atoms with Gasteiger partial charge >= 0.3 is 26.4 Å². The highest BCUT2D eigenvalue weighted by molar-refractivity contribution is 6.61. The molecule has 0 heterocycles. The molecule has 2 rings (SSSR count). The molecule has 0 aromatic heterocycles. The second kappa shape index (κ2) is 146. The van der Waals surface area contributed by atoms with Crippen LogP contribution in [0.4, 0.5) is 0 Å². The molecule has 2 saturated carbocycles. The number of aliphatic hydroxyl groups is 12. The minimum atomic E-state index is -2.37. The molecule has 2 aliphatic carbocycles. The van der Waals surface area contributed by atoms with E-state index >= 15 is 0 Å². The molecule has 2 fully saturated rings. The van der Waals surface area contributed by atoms with Crippen molar-refractivity contribution in [1.29, 1.82) is 0 Å². The van der Waals surface area contributed by atoms with Crippen molar-refractivity contribution < 1.29 is 107 Å². The molecule has 0 spiro atoms. The van der Waals surface area contributed by atoms with Gasteiger partial charge in [-0.05, 0) is 118 Å². The fourth-order valence-electron chi connectivity index (χ4n) is 4.62. The molecule has 75 heavy (non-hydrogen) atoms. The molecule has 0 radical (unpaired) electrons. The lowest BCUT2D eigenvalue weighted by atomic mass is 9.60. The zero-order valence-corrected chi connectivity index (χ0v) is 53.4. The molecule has 2 aliphatic rings. The largest absolute Gasteiger partial charge is 0.500 e. The predicted molar refractivity (Wildman–Crippen MR) is 322 cm³/mol. The van der Waals surface area contributed by atoms with Crippen LogP contribution >= 0.6 is 0 Å². The van der Waals surface area contributed by atoms with Gasteiger partial charge in [0.2, 0.25) is 0 Å². The highest BCUT2D eigenvalue weighted by atomic mass is 28.4. The number of hydrogen-bond acceptors (Lipinski definition) is 24. The van der Waals surface area contributed by atoms with Crippen LogP contribution in [0.2, 0.25) is 18.1 Å². The van der Waals surface area contributed by atoms with Crippen molar-refractivity contribution in [2.24, 2.45) is 29.0 Å². The first-order chi connectivity index (χ1) is 34.4. The molecule has 0 saturated heterocycles. The van der Waals surface area contributed by atoms with Crippen LogP contribution in [0, 0.1) is 11.8 Å². The Kier molecular flexibility index (Phi) is 254. The Bertz CT molecular complexity index is 640. The molecule has 28 heteroatoms. The van der Waals surface area contributed by atoms with E-state index in [0.29, 0.717) is 39.5 Å². The third-order valence-electron chi connectivity index (χ3n) is 7.50. The summed E-state index contributed by atoms with van der Waals surface area (Å²) >= 11 is 0. The van der Waals surface area contributed by atoms with Gasteiger partial charge in [-0.25, -0.2) is 0 Å². The summed E-state index contributed by atoms with van der Waals surface area (Å²) in [5.74, 6) is 2.43. The molecule has 20 N–H and O–H groups in total. The highest BCUT2D eigenvalue weighted by Gasteiger charge is 2.39. The van der Waals surface area contributed by atoms with Crippen LogP contribution in [0.3, 0.4) is 0 Å². The first kappa shape index (κ1) is 131. The SMILES string of the molecule is C.C.C.C1CC2CCC12.CC.CCO.CCO.CCO.CCO[Si](CCCN)(OC)OC.CCO[Si](CCCN)(OC)OCC.CO.CO.CO.CO.CO.CO.CO.CO.CO.CO[Si](CCCN)(OC)OC.O. The van der Waals surface area contributed by atoms with Gasteiger partial charge in [0.1, 0.15) is 0 Å². The van der Waals surface area contributed by atoms with Crippen molar-refractivity contribution in [2.45, 2.75) is 141 Å². The van der Waals surface area contributed by atoms with Crippen molar-refractivity contribution in [2.75, 3.05) is 166 Å². The number of fused-ring (bicyclic) bond motifs is 1. The van der Waals surface area contributed by atoms with Gasteiger partial charge in [0.15, 0.2) is 0 Å². The van der Waals surface area contributed by atoms with Gasteiger partial charge in [0, 0.05) is 164 Å². The Hall–Kier alpha value is -0.349. The number of aliphatic hydroxyl groups excluding tert-OH is 12. The van der Waals surface area contributed by atoms with Crippen LogP contribution in [0.5, 0.6) is 0 Å². The van der Waals surface area contributed by atoms with E-state index < -0.39 is 26.4 Å². The van der Waals surface area contributed by atoms with Crippen molar-refractivity contribution >= 4 is 26.4 Å². The fourth-order valence-corrected chi connectivity index (χ4v) is 10.7.